The largest absolute Gasteiger partial charge is 0.454 e. The Labute approximate surface area is 86.2 Å². The van der Waals surface area contributed by atoms with Crippen molar-refractivity contribution >= 4 is 11.6 Å². The van der Waals surface area contributed by atoms with Crippen molar-refractivity contribution in [2.75, 3.05) is 13.4 Å². The van der Waals surface area contributed by atoms with Crippen molar-refractivity contribution in [2.24, 2.45) is 5.73 Å². The van der Waals surface area contributed by atoms with E-state index in [1.165, 1.54) is 0 Å². The van der Waals surface area contributed by atoms with Crippen LogP contribution in [0.15, 0.2) is 12.1 Å². The minimum absolute atomic E-state index is 0.153. The summed E-state index contributed by atoms with van der Waals surface area (Å²) in [4.78, 5) is 0. The summed E-state index contributed by atoms with van der Waals surface area (Å²) in [6.45, 7) is 0.0445. The molecule has 3 N–H and O–H groups in total. The van der Waals surface area contributed by atoms with Crippen LogP contribution in [-0.2, 0) is 0 Å². The summed E-state index contributed by atoms with van der Waals surface area (Å²) in [6, 6.07) is 2.86. The van der Waals surface area contributed by atoms with E-state index in [2.05, 4.69) is 0 Å². The Kier molecular flexibility index (Phi) is 2.50. The Morgan fingerprint density at radius 3 is 2.71 bits per heavy atom. The van der Waals surface area contributed by atoms with Crippen molar-refractivity contribution in [3.8, 4) is 11.5 Å². The first-order chi connectivity index (χ1) is 6.72. The smallest absolute Gasteiger partial charge is 0.231 e. The highest BCUT2D eigenvalue weighted by atomic mass is 35.5. The van der Waals surface area contributed by atoms with Gasteiger partial charge in [0.05, 0.1) is 12.6 Å². The molecule has 5 heteroatoms. The van der Waals surface area contributed by atoms with E-state index in [0.717, 1.165) is 0 Å². The summed E-state index contributed by atoms with van der Waals surface area (Å²) >= 11 is 5.95. The molecule has 1 aliphatic rings. The van der Waals surface area contributed by atoms with E-state index in [1.54, 1.807) is 12.1 Å². The molecule has 0 saturated heterocycles. The number of hydrogen-bond donors (Lipinski definition) is 2. The predicted molar refractivity (Wildman–Crippen MR) is 51.6 cm³/mol. The van der Waals surface area contributed by atoms with Crippen LogP contribution >= 0.6 is 11.6 Å². The zero-order chi connectivity index (χ0) is 10.1. The second-order valence-electron chi connectivity index (χ2n) is 3.02. The number of benzene rings is 1. The molecule has 0 unspecified atom stereocenters. The van der Waals surface area contributed by atoms with E-state index < -0.39 is 6.04 Å². The molecule has 0 aliphatic carbocycles. The molecule has 1 aromatic rings. The van der Waals surface area contributed by atoms with Crippen LogP contribution in [0, 0.1) is 0 Å². The van der Waals surface area contributed by atoms with Gasteiger partial charge in [-0.3, -0.25) is 0 Å². The summed E-state index contributed by atoms with van der Waals surface area (Å²) in [6.07, 6.45) is 0. The van der Waals surface area contributed by atoms with Crippen LogP contribution in [0.1, 0.15) is 11.6 Å². The van der Waals surface area contributed by atoms with Gasteiger partial charge in [-0.1, -0.05) is 11.6 Å². The number of hydrogen-bond acceptors (Lipinski definition) is 4. The number of aliphatic hydroxyl groups is 1. The van der Waals surface area contributed by atoms with E-state index in [1.807, 2.05) is 0 Å². The first-order valence-electron chi connectivity index (χ1n) is 4.18. The Morgan fingerprint density at radius 1 is 1.43 bits per heavy atom. The molecule has 0 saturated carbocycles. The van der Waals surface area contributed by atoms with E-state index in [-0.39, 0.29) is 13.4 Å². The molecule has 1 heterocycles. The lowest BCUT2D eigenvalue weighted by molar-refractivity contribution is 0.174. The van der Waals surface area contributed by atoms with Gasteiger partial charge in [-0.15, -0.1) is 0 Å². The van der Waals surface area contributed by atoms with Crippen molar-refractivity contribution in [3.63, 3.8) is 0 Å². The van der Waals surface area contributed by atoms with Crippen molar-refractivity contribution in [3.05, 3.63) is 22.7 Å². The van der Waals surface area contributed by atoms with E-state index in [4.69, 9.17) is 31.9 Å². The first-order valence-corrected chi connectivity index (χ1v) is 4.55. The topological polar surface area (TPSA) is 64.7 Å². The molecule has 0 amide bonds. The van der Waals surface area contributed by atoms with Crippen LogP contribution < -0.4 is 15.2 Å². The Balaban J connectivity index is 2.42. The SMILES string of the molecule is N[C@@H](CO)c1cc2c(cc1Cl)OCO2. The highest BCUT2D eigenvalue weighted by molar-refractivity contribution is 6.31. The van der Waals surface area contributed by atoms with Crippen LogP contribution in [-0.4, -0.2) is 18.5 Å². The lowest BCUT2D eigenvalue weighted by atomic mass is 10.1. The Hall–Kier alpha value is -0.970. The highest BCUT2D eigenvalue weighted by Crippen LogP contribution is 2.38. The molecule has 2 rings (SSSR count). The van der Waals surface area contributed by atoms with Crippen LogP contribution in [0.2, 0.25) is 5.02 Å². The minimum atomic E-state index is -0.489. The van der Waals surface area contributed by atoms with E-state index in [9.17, 15) is 0 Å². The molecular formula is C9H10ClNO3. The fourth-order valence-electron chi connectivity index (χ4n) is 1.32. The predicted octanol–water partition coefficient (Wildman–Crippen LogP) is 1.06. The maximum atomic E-state index is 8.91. The molecule has 4 nitrogen and oxygen atoms in total. The molecule has 1 atom stereocenters. The van der Waals surface area contributed by atoms with Crippen molar-refractivity contribution in [1.82, 2.24) is 0 Å². The third kappa shape index (κ3) is 1.52. The molecule has 0 spiro atoms. The van der Waals surface area contributed by atoms with Gasteiger partial charge < -0.3 is 20.3 Å². The van der Waals surface area contributed by atoms with Gasteiger partial charge in [-0.2, -0.15) is 0 Å². The van der Waals surface area contributed by atoms with Crippen LogP contribution in [0.4, 0.5) is 0 Å². The van der Waals surface area contributed by atoms with Crippen molar-refractivity contribution < 1.29 is 14.6 Å². The number of aliphatic hydroxyl groups excluding tert-OH is 1. The van der Waals surface area contributed by atoms with E-state index in [0.29, 0.717) is 22.1 Å². The number of nitrogens with two attached hydrogens (primary N) is 1. The fourth-order valence-corrected chi connectivity index (χ4v) is 1.61. The summed E-state index contributed by atoms with van der Waals surface area (Å²) in [5.41, 5.74) is 6.32. The fraction of sp³-hybridized carbons (Fsp3) is 0.333. The number of fused-ring (bicyclic) bond motifs is 1. The normalized spacial score (nSPS) is 15.6. The van der Waals surface area contributed by atoms with Gasteiger partial charge in [0, 0.05) is 11.1 Å². The average molecular weight is 216 g/mol. The van der Waals surface area contributed by atoms with Crippen LogP contribution in [0.25, 0.3) is 0 Å². The molecule has 0 bridgehead atoms. The lowest BCUT2D eigenvalue weighted by Crippen LogP contribution is -2.14. The quantitative estimate of drug-likeness (QED) is 0.775. The second-order valence-corrected chi connectivity index (χ2v) is 3.42. The van der Waals surface area contributed by atoms with Crippen molar-refractivity contribution in [2.45, 2.75) is 6.04 Å². The zero-order valence-electron chi connectivity index (χ0n) is 7.37. The first kappa shape index (κ1) is 9.58. The van der Waals surface area contributed by atoms with Gasteiger partial charge in [0.2, 0.25) is 6.79 Å². The highest BCUT2D eigenvalue weighted by Gasteiger charge is 2.19. The number of rotatable bonds is 2. The van der Waals surface area contributed by atoms with Gasteiger partial charge in [-0.05, 0) is 11.6 Å². The molecule has 76 valence electrons. The Morgan fingerprint density at radius 2 is 2.07 bits per heavy atom. The monoisotopic (exact) mass is 215 g/mol. The Bertz CT molecular complexity index is 356. The van der Waals surface area contributed by atoms with Gasteiger partial charge in [-0.25, -0.2) is 0 Å². The van der Waals surface area contributed by atoms with Crippen LogP contribution in [0.3, 0.4) is 0 Å². The molecule has 0 radical (unpaired) electrons. The molecule has 0 fully saturated rings. The van der Waals surface area contributed by atoms with Crippen molar-refractivity contribution in [1.29, 1.82) is 0 Å². The third-order valence-corrected chi connectivity index (χ3v) is 2.42. The third-order valence-electron chi connectivity index (χ3n) is 2.09. The molecular weight excluding hydrogens is 206 g/mol. The maximum Gasteiger partial charge on any atom is 0.231 e. The molecule has 1 aliphatic heterocycles. The minimum Gasteiger partial charge on any atom is -0.454 e. The second kappa shape index (κ2) is 3.65. The number of ether oxygens (including phenoxy) is 2. The van der Waals surface area contributed by atoms with Gasteiger partial charge in [0.25, 0.3) is 0 Å². The standard InChI is InChI=1S/C9H10ClNO3/c10-6-2-9-8(13-4-14-9)1-5(6)7(11)3-12/h1-2,7,12H,3-4,11H2/t7-/m0/s1. The summed E-state index contributed by atoms with van der Waals surface area (Å²) < 4.78 is 10.3. The maximum absolute atomic E-state index is 8.91. The van der Waals surface area contributed by atoms with Gasteiger partial charge in [0.15, 0.2) is 11.5 Å². The molecule has 0 aromatic heterocycles. The molecule has 1 aromatic carbocycles. The summed E-state index contributed by atoms with van der Waals surface area (Å²) in [5.74, 6) is 1.23. The molecule has 14 heavy (non-hydrogen) atoms. The van der Waals surface area contributed by atoms with E-state index >= 15 is 0 Å². The lowest BCUT2D eigenvalue weighted by Gasteiger charge is -2.11. The van der Waals surface area contributed by atoms with Crippen LogP contribution in [0.5, 0.6) is 11.5 Å². The summed E-state index contributed by atoms with van der Waals surface area (Å²) in [5, 5.41) is 9.39. The summed E-state index contributed by atoms with van der Waals surface area (Å²) in [7, 11) is 0. The van der Waals surface area contributed by atoms with Gasteiger partial charge in [0.1, 0.15) is 0 Å². The van der Waals surface area contributed by atoms with Gasteiger partial charge >= 0.3 is 0 Å². The zero-order valence-corrected chi connectivity index (χ0v) is 8.12. The number of halogens is 1. The average Bonchev–Trinajstić information content (AvgIpc) is 2.62.